The number of nitrogens with two attached hydrogens (primary N) is 1. The predicted molar refractivity (Wildman–Crippen MR) is 63.4 cm³/mol. The van der Waals surface area contributed by atoms with Gasteiger partial charge in [0.2, 0.25) is 0 Å². The Morgan fingerprint density at radius 2 is 2.25 bits per heavy atom. The van der Waals surface area contributed by atoms with Crippen LogP contribution in [0.15, 0.2) is 0 Å². The highest BCUT2D eigenvalue weighted by atomic mass is 16.5. The van der Waals surface area contributed by atoms with Gasteiger partial charge < -0.3 is 15.2 Å². The van der Waals surface area contributed by atoms with Gasteiger partial charge in [0, 0.05) is 32.3 Å². The first-order valence-electron chi connectivity index (χ1n) is 6.26. The SMILES string of the molecule is COC1CC(CN)(N(C)CC2CCCO2)C1. The number of ether oxygens (including phenoxy) is 2. The molecule has 4 nitrogen and oxygen atoms in total. The van der Waals surface area contributed by atoms with Crippen molar-refractivity contribution in [1.82, 2.24) is 4.90 Å². The molecule has 2 rings (SSSR count). The smallest absolute Gasteiger partial charge is 0.0702 e. The Morgan fingerprint density at radius 3 is 2.75 bits per heavy atom. The Morgan fingerprint density at radius 1 is 1.50 bits per heavy atom. The van der Waals surface area contributed by atoms with Gasteiger partial charge in [0.25, 0.3) is 0 Å². The molecule has 94 valence electrons. The summed E-state index contributed by atoms with van der Waals surface area (Å²) in [6.07, 6.45) is 5.32. The summed E-state index contributed by atoms with van der Waals surface area (Å²) in [5, 5.41) is 0. The molecule has 0 aromatic heterocycles. The summed E-state index contributed by atoms with van der Waals surface area (Å²) in [6, 6.07) is 0. The van der Waals surface area contributed by atoms with Crippen LogP contribution in [0.25, 0.3) is 0 Å². The van der Waals surface area contributed by atoms with Crippen molar-refractivity contribution in [2.24, 2.45) is 5.73 Å². The van der Waals surface area contributed by atoms with Gasteiger partial charge in [-0.25, -0.2) is 0 Å². The second-order valence-corrected chi connectivity index (χ2v) is 5.21. The first kappa shape index (κ1) is 12.3. The van der Waals surface area contributed by atoms with Crippen LogP contribution in [0.4, 0.5) is 0 Å². The van der Waals surface area contributed by atoms with E-state index in [0.717, 1.165) is 32.5 Å². The molecule has 1 saturated carbocycles. The zero-order valence-electron chi connectivity index (χ0n) is 10.4. The van der Waals surface area contributed by atoms with E-state index in [9.17, 15) is 0 Å². The van der Waals surface area contributed by atoms with Crippen molar-refractivity contribution < 1.29 is 9.47 Å². The van der Waals surface area contributed by atoms with Crippen molar-refractivity contribution in [2.45, 2.75) is 43.4 Å². The highest BCUT2D eigenvalue weighted by molar-refractivity contribution is 5.04. The standard InChI is InChI=1S/C12H24N2O2/c1-14(8-10-4-3-5-16-10)12(9-13)6-11(7-12)15-2/h10-11H,3-9,13H2,1-2H3. The Balaban J connectivity index is 1.84. The topological polar surface area (TPSA) is 47.7 Å². The first-order valence-corrected chi connectivity index (χ1v) is 6.26. The molecular weight excluding hydrogens is 204 g/mol. The lowest BCUT2D eigenvalue weighted by Crippen LogP contribution is -2.63. The number of nitrogens with zero attached hydrogens (tertiary/aromatic N) is 1. The van der Waals surface area contributed by atoms with Crippen LogP contribution < -0.4 is 5.73 Å². The number of hydrogen-bond donors (Lipinski definition) is 1. The van der Waals surface area contributed by atoms with Gasteiger partial charge >= 0.3 is 0 Å². The molecule has 1 atom stereocenters. The second-order valence-electron chi connectivity index (χ2n) is 5.21. The molecule has 0 bridgehead atoms. The molecule has 2 N–H and O–H groups in total. The molecule has 1 saturated heterocycles. The fraction of sp³-hybridized carbons (Fsp3) is 1.00. The maximum atomic E-state index is 5.92. The lowest BCUT2D eigenvalue weighted by atomic mass is 9.73. The van der Waals surface area contributed by atoms with Crippen molar-refractivity contribution >= 4 is 0 Å². The highest BCUT2D eigenvalue weighted by Gasteiger charge is 2.46. The van der Waals surface area contributed by atoms with E-state index in [-0.39, 0.29) is 5.54 Å². The third kappa shape index (κ3) is 2.25. The summed E-state index contributed by atoms with van der Waals surface area (Å²) in [7, 11) is 3.95. The Hall–Kier alpha value is -0.160. The number of rotatable bonds is 5. The van der Waals surface area contributed by atoms with Crippen molar-refractivity contribution in [3.8, 4) is 0 Å². The molecule has 16 heavy (non-hydrogen) atoms. The average Bonchev–Trinajstić information content (AvgIpc) is 2.70. The molecule has 2 aliphatic rings. The van der Waals surface area contributed by atoms with E-state index in [2.05, 4.69) is 11.9 Å². The molecule has 0 aromatic rings. The lowest BCUT2D eigenvalue weighted by molar-refractivity contribution is -0.0886. The first-order chi connectivity index (χ1) is 7.70. The summed E-state index contributed by atoms with van der Waals surface area (Å²) in [6.45, 7) is 2.65. The van der Waals surface area contributed by atoms with Crippen LogP contribution in [0.2, 0.25) is 0 Å². The Bertz CT molecular complexity index is 223. The van der Waals surface area contributed by atoms with Crippen LogP contribution in [0.1, 0.15) is 25.7 Å². The third-order valence-electron chi connectivity index (χ3n) is 4.24. The zero-order chi connectivity index (χ0) is 11.6. The monoisotopic (exact) mass is 228 g/mol. The predicted octanol–water partition coefficient (Wildman–Crippen LogP) is 0.603. The van der Waals surface area contributed by atoms with Gasteiger partial charge in [0.05, 0.1) is 12.2 Å². The fourth-order valence-corrected chi connectivity index (χ4v) is 2.88. The minimum atomic E-state index is 0.159. The lowest BCUT2D eigenvalue weighted by Gasteiger charge is -2.52. The second kappa shape index (κ2) is 5.00. The number of hydrogen-bond acceptors (Lipinski definition) is 4. The van der Waals surface area contributed by atoms with Crippen molar-refractivity contribution in [1.29, 1.82) is 0 Å². The van der Waals surface area contributed by atoms with Gasteiger partial charge in [-0.3, -0.25) is 4.90 Å². The molecule has 1 unspecified atom stereocenters. The Labute approximate surface area is 98.1 Å². The quantitative estimate of drug-likeness (QED) is 0.749. The molecule has 0 radical (unpaired) electrons. The van der Waals surface area contributed by atoms with E-state index in [1.807, 2.05) is 0 Å². The van der Waals surface area contributed by atoms with Crippen molar-refractivity contribution in [3.05, 3.63) is 0 Å². The molecule has 0 amide bonds. The summed E-state index contributed by atoms with van der Waals surface area (Å²) in [5.41, 5.74) is 6.08. The molecule has 1 heterocycles. The third-order valence-corrected chi connectivity index (χ3v) is 4.24. The molecule has 4 heteroatoms. The minimum absolute atomic E-state index is 0.159. The summed E-state index contributed by atoms with van der Waals surface area (Å²) >= 11 is 0. The van der Waals surface area contributed by atoms with Crippen molar-refractivity contribution in [2.75, 3.05) is 33.9 Å². The van der Waals surface area contributed by atoms with Crippen LogP contribution in [-0.2, 0) is 9.47 Å². The molecule has 1 aliphatic carbocycles. The summed E-state index contributed by atoms with van der Waals surface area (Å²) < 4.78 is 11.0. The van der Waals surface area contributed by atoms with E-state index < -0.39 is 0 Å². The van der Waals surface area contributed by atoms with E-state index >= 15 is 0 Å². The van der Waals surface area contributed by atoms with Gasteiger partial charge in [0.15, 0.2) is 0 Å². The molecule has 1 aliphatic heterocycles. The van der Waals surface area contributed by atoms with Gasteiger partial charge in [-0.1, -0.05) is 0 Å². The Kier molecular flexibility index (Phi) is 3.85. The maximum Gasteiger partial charge on any atom is 0.0702 e. The van der Waals surface area contributed by atoms with Crippen LogP contribution in [0.3, 0.4) is 0 Å². The maximum absolute atomic E-state index is 5.92. The van der Waals surface area contributed by atoms with Gasteiger partial charge in [-0.2, -0.15) is 0 Å². The van der Waals surface area contributed by atoms with Crippen LogP contribution in [0.5, 0.6) is 0 Å². The fourth-order valence-electron chi connectivity index (χ4n) is 2.88. The highest BCUT2D eigenvalue weighted by Crippen LogP contribution is 2.38. The summed E-state index contributed by atoms with van der Waals surface area (Å²) in [4.78, 5) is 2.39. The van der Waals surface area contributed by atoms with Crippen LogP contribution >= 0.6 is 0 Å². The van der Waals surface area contributed by atoms with E-state index in [1.54, 1.807) is 7.11 Å². The minimum Gasteiger partial charge on any atom is -0.381 e. The molecular formula is C12H24N2O2. The van der Waals surface area contributed by atoms with Crippen LogP contribution in [-0.4, -0.2) is 56.5 Å². The molecule has 0 aromatic carbocycles. The van der Waals surface area contributed by atoms with E-state index in [0.29, 0.717) is 12.2 Å². The van der Waals surface area contributed by atoms with E-state index in [4.69, 9.17) is 15.2 Å². The van der Waals surface area contributed by atoms with Gasteiger partial charge in [-0.15, -0.1) is 0 Å². The van der Waals surface area contributed by atoms with Gasteiger partial charge in [0.1, 0.15) is 0 Å². The van der Waals surface area contributed by atoms with Crippen molar-refractivity contribution in [3.63, 3.8) is 0 Å². The largest absolute Gasteiger partial charge is 0.381 e. The number of methoxy groups -OCH3 is 1. The number of likely N-dealkylation sites (N-methyl/N-ethyl adjacent to an activating group) is 1. The van der Waals surface area contributed by atoms with E-state index in [1.165, 1.54) is 12.8 Å². The molecule has 2 fully saturated rings. The summed E-state index contributed by atoms with van der Waals surface area (Å²) in [5.74, 6) is 0. The zero-order valence-corrected chi connectivity index (χ0v) is 10.4. The van der Waals surface area contributed by atoms with Crippen LogP contribution in [0, 0.1) is 0 Å². The molecule has 0 spiro atoms. The average molecular weight is 228 g/mol. The van der Waals surface area contributed by atoms with Gasteiger partial charge in [-0.05, 0) is 32.7 Å². The normalized spacial score (nSPS) is 39.0.